The molecule has 414 valence electrons. The van der Waals surface area contributed by atoms with Crippen LogP contribution in [0, 0.1) is 0 Å². The third-order valence-corrected chi connectivity index (χ3v) is 13.9. The average Bonchev–Trinajstić information content (AvgIpc) is 3.62. The predicted molar refractivity (Wildman–Crippen MR) is 281 cm³/mol. The third-order valence-electron chi connectivity index (χ3n) is 11.3. The van der Waals surface area contributed by atoms with E-state index in [4.69, 9.17) is 29.0 Å². The van der Waals surface area contributed by atoms with Gasteiger partial charge in [-0.25, -0.2) is 13.9 Å². The van der Waals surface area contributed by atoms with Gasteiger partial charge in [-0.15, -0.1) is 0 Å². The molecule has 0 aromatic carbocycles. The molecule has 1 aromatic heterocycles. The van der Waals surface area contributed by atoms with E-state index in [1.165, 1.54) is 38.2 Å². The lowest BCUT2D eigenvalue weighted by molar-refractivity contribution is -0.161. The fourth-order valence-electron chi connectivity index (χ4n) is 7.24. The van der Waals surface area contributed by atoms with Crippen molar-refractivity contribution in [2.24, 2.45) is 0 Å². The second kappa shape index (κ2) is 39.6. The van der Waals surface area contributed by atoms with Crippen molar-refractivity contribution in [3.8, 4) is 0 Å². The quantitative estimate of drug-likeness (QED) is 0.0117. The van der Waals surface area contributed by atoms with Crippen molar-refractivity contribution in [2.45, 2.75) is 198 Å². The zero-order valence-electron chi connectivity index (χ0n) is 43.0. The Morgan fingerprint density at radius 2 is 1.29 bits per heavy atom. The predicted octanol–water partition coefficient (Wildman–Crippen LogP) is 9.86. The van der Waals surface area contributed by atoms with Crippen LogP contribution < -0.4 is 11.4 Å². The van der Waals surface area contributed by atoms with E-state index in [-0.39, 0.29) is 18.7 Å². The maximum atomic E-state index is 12.9. The molecule has 0 bridgehead atoms. The highest BCUT2D eigenvalue weighted by molar-refractivity contribution is 7.61. The molecule has 0 aliphatic carbocycles. The number of carbonyl (C=O) groups is 2. The summed E-state index contributed by atoms with van der Waals surface area (Å²) in [6.07, 6.45) is 37.2. The molecule has 19 nitrogen and oxygen atoms in total. The first kappa shape index (κ1) is 65.3. The van der Waals surface area contributed by atoms with Gasteiger partial charge in [0.1, 0.15) is 30.7 Å². The van der Waals surface area contributed by atoms with E-state index in [2.05, 4.69) is 53.5 Å². The van der Waals surface area contributed by atoms with E-state index in [0.29, 0.717) is 32.1 Å². The molecule has 8 atom stereocenters. The largest absolute Gasteiger partial charge is 0.481 e. The van der Waals surface area contributed by atoms with Crippen molar-refractivity contribution in [3.05, 3.63) is 95.7 Å². The van der Waals surface area contributed by atoms with Crippen molar-refractivity contribution < 1.29 is 71.4 Å². The number of nitrogens with two attached hydrogens (primary N) is 1. The molecule has 1 aromatic rings. The second-order valence-corrected chi connectivity index (χ2v) is 20.9. The number of carbonyl (C=O) groups excluding carboxylic acids is 2. The normalized spacial score (nSPS) is 20.0. The number of aliphatic hydroxyl groups is 3. The van der Waals surface area contributed by atoms with Crippen LogP contribution in [0.15, 0.2) is 90.0 Å². The van der Waals surface area contributed by atoms with Crippen LogP contribution in [0.25, 0.3) is 0 Å². The molecule has 2 rings (SSSR count). The van der Waals surface area contributed by atoms with Crippen molar-refractivity contribution in [2.75, 3.05) is 25.6 Å². The van der Waals surface area contributed by atoms with Crippen LogP contribution in [0.4, 0.5) is 5.82 Å². The maximum Gasteiger partial charge on any atom is 0.481 e. The zero-order chi connectivity index (χ0) is 53.6. The Hall–Kier alpha value is -3.84. The van der Waals surface area contributed by atoms with E-state index >= 15 is 0 Å². The van der Waals surface area contributed by atoms with Gasteiger partial charge in [-0.05, 0) is 83.1 Å². The minimum absolute atomic E-state index is 0.0139. The summed E-state index contributed by atoms with van der Waals surface area (Å²) in [4.78, 5) is 61.9. The Kier molecular flexibility index (Phi) is 35.4. The lowest BCUT2D eigenvalue weighted by Gasteiger charge is -2.21. The van der Waals surface area contributed by atoms with Crippen LogP contribution in [0.5, 0.6) is 0 Å². The molecule has 7 N–H and O–H groups in total. The summed E-state index contributed by atoms with van der Waals surface area (Å²) < 4.78 is 56.7. The van der Waals surface area contributed by atoms with Crippen molar-refractivity contribution >= 4 is 33.4 Å². The highest BCUT2D eigenvalue weighted by Crippen LogP contribution is 2.60. The second-order valence-electron chi connectivity index (χ2n) is 17.9. The summed E-state index contributed by atoms with van der Waals surface area (Å²) in [5.74, 6) is -1.42. The van der Waals surface area contributed by atoms with Gasteiger partial charge in [0.2, 0.25) is 0 Å². The molecule has 1 aliphatic heterocycles. The van der Waals surface area contributed by atoms with E-state index in [0.717, 1.165) is 81.4 Å². The van der Waals surface area contributed by atoms with Gasteiger partial charge in [0.25, 0.3) is 0 Å². The minimum atomic E-state index is -5.45. The van der Waals surface area contributed by atoms with Crippen LogP contribution in [-0.4, -0.2) is 96.9 Å². The lowest BCUT2D eigenvalue weighted by Crippen LogP contribution is -2.36. The molecule has 0 saturated carbocycles. The molecular formula is C52H85N3O16P2. The van der Waals surface area contributed by atoms with E-state index in [1.54, 1.807) is 12.2 Å². The van der Waals surface area contributed by atoms with Crippen LogP contribution >= 0.6 is 15.6 Å². The molecule has 0 amide bonds. The summed E-state index contributed by atoms with van der Waals surface area (Å²) in [5, 5.41) is 31.0. The Morgan fingerprint density at radius 3 is 1.93 bits per heavy atom. The summed E-state index contributed by atoms with van der Waals surface area (Å²) in [7, 11) is -10.9. The molecule has 0 radical (unpaired) electrons. The highest BCUT2D eigenvalue weighted by Gasteiger charge is 2.46. The number of aromatic nitrogens is 2. The van der Waals surface area contributed by atoms with E-state index in [9.17, 15) is 48.6 Å². The molecule has 0 spiro atoms. The number of unbranched alkanes of at least 4 members (excludes halogenated alkanes) is 14. The van der Waals surface area contributed by atoms with Crippen molar-refractivity contribution in [1.82, 2.24) is 9.55 Å². The Morgan fingerprint density at radius 1 is 0.726 bits per heavy atom. The SMILES string of the molecule is CCCCC/C=C\C/C=C\CCCCCCCCCC(=O)O[C@H](COC(=O)CCC/C=C\C/C=C\C=C\[C@H](O)C/C=C\CCCCC)COP(=O)(O)OP(=O)(O)OC[C@H]1O[C@@H](n2ccc(N)nc2=O)[C@H](O)[C@@H]1O. The number of nitrogen functional groups attached to an aromatic ring is 1. The van der Waals surface area contributed by atoms with Gasteiger partial charge in [-0.2, -0.15) is 9.29 Å². The number of rotatable bonds is 42. The smallest absolute Gasteiger partial charge is 0.462 e. The fourth-order valence-corrected chi connectivity index (χ4v) is 9.35. The van der Waals surface area contributed by atoms with E-state index in [1.807, 2.05) is 30.4 Å². The number of ether oxygens (including phenoxy) is 3. The van der Waals surface area contributed by atoms with Gasteiger partial charge < -0.3 is 45.1 Å². The number of aliphatic hydroxyl groups excluding tert-OH is 3. The van der Waals surface area contributed by atoms with Crippen LogP contribution in [0.2, 0.25) is 0 Å². The lowest BCUT2D eigenvalue weighted by atomic mass is 10.1. The number of esters is 2. The number of anilines is 1. The summed E-state index contributed by atoms with van der Waals surface area (Å²) in [6, 6.07) is 1.24. The first-order valence-electron chi connectivity index (χ1n) is 26.1. The molecule has 2 unspecified atom stereocenters. The van der Waals surface area contributed by atoms with Gasteiger partial charge in [-0.1, -0.05) is 145 Å². The number of hydrogen-bond acceptors (Lipinski definition) is 16. The van der Waals surface area contributed by atoms with Crippen molar-refractivity contribution in [1.29, 1.82) is 0 Å². The Labute approximate surface area is 432 Å². The summed E-state index contributed by atoms with van der Waals surface area (Å²) in [5.41, 5.74) is 4.58. The summed E-state index contributed by atoms with van der Waals surface area (Å²) in [6.45, 7) is 1.96. The molecule has 1 saturated heterocycles. The first-order chi connectivity index (χ1) is 35.1. The number of phosphoric ester groups is 2. The molecule has 1 aliphatic rings. The number of nitrogens with zero attached hydrogens (tertiary/aromatic N) is 2. The Balaban J connectivity index is 1.84. The first-order valence-corrected chi connectivity index (χ1v) is 29.0. The number of hydrogen-bond donors (Lipinski definition) is 6. The van der Waals surface area contributed by atoms with Crippen LogP contribution in [0.3, 0.4) is 0 Å². The average molecular weight is 1070 g/mol. The fraction of sp³-hybridized carbons (Fsp3) is 0.654. The molecule has 73 heavy (non-hydrogen) atoms. The number of phosphoric acid groups is 2. The van der Waals surface area contributed by atoms with Gasteiger partial charge in [0, 0.05) is 19.0 Å². The number of allylic oxidation sites excluding steroid dienone is 10. The monoisotopic (exact) mass is 1070 g/mol. The molecule has 21 heteroatoms. The zero-order valence-corrected chi connectivity index (χ0v) is 44.8. The summed E-state index contributed by atoms with van der Waals surface area (Å²) >= 11 is 0. The topological polar surface area (TPSA) is 286 Å². The minimum Gasteiger partial charge on any atom is -0.462 e. The van der Waals surface area contributed by atoms with Gasteiger partial charge >= 0.3 is 33.3 Å². The van der Waals surface area contributed by atoms with Gasteiger partial charge in [-0.3, -0.25) is 23.2 Å². The van der Waals surface area contributed by atoms with Crippen LogP contribution in [0.1, 0.15) is 168 Å². The standard InChI is InChI=1S/C52H85N3O16P2/c1-3-5-7-9-11-12-13-14-15-16-17-18-19-20-25-29-33-37-48(58)69-44(40-66-47(57)36-32-28-24-22-21-23-27-31-35-43(56)34-30-26-10-8-6-4-2)41-67-72(62,63)71-73(64,65)68-42-45-49(59)50(60)51(70-45)55-39-38-46(53)54-52(55)61/h11-12,14-15,22-24,26-27,30-31,35,38-39,43-45,49-51,56,59-60H,3-10,13,16-21,25,28-29,32-34,36-37,40-42H2,1-2H3,(H,62,63)(H,64,65)(H2,53,54,61)/b12-11-,15-14-,24-22-,27-23-,30-26-,35-31+/t43-,44-,45-,49-,50-,51-/m1/s1. The molecule has 1 fully saturated rings. The van der Waals surface area contributed by atoms with Crippen LogP contribution in [-0.2, 0) is 46.3 Å². The Bertz CT molecular complexity index is 2020. The molecule has 2 heterocycles. The van der Waals surface area contributed by atoms with E-state index < -0.39 is 89.8 Å². The highest BCUT2D eigenvalue weighted by atomic mass is 31.3. The van der Waals surface area contributed by atoms with Gasteiger partial charge in [0.15, 0.2) is 12.3 Å². The maximum absolute atomic E-state index is 12.9. The third kappa shape index (κ3) is 32.3. The molecular weight excluding hydrogens is 985 g/mol. The van der Waals surface area contributed by atoms with Crippen molar-refractivity contribution in [3.63, 3.8) is 0 Å². The van der Waals surface area contributed by atoms with Gasteiger partial charge in [0.05, 0.1) is 19.3 Å².